The maximum Gasteiger partial charge on any atom is 0.186 e. The predicted molar refractivity (Wildman–Crippen MR) is 109 cm³/mol. The highest BCUT2D eigenvalue weighted by Crippen LogP contribution is 2.24. The van der Waals surface area contributed by atoms with Gasteiger partial charge in [-0.25, -0.2) is 0 Å². The van der Waals surface area contributed by atoms with Gasteiger partial charge in [-0.2, -0.15) is 5.10 Å². The standard InChI is InChI=1S/C20H19BrN2O2S/c1-13-8-18(14(2)26-13)19(24)6-4-15-5-7-20(25-3)16(9-15)11-23-12-17(21)10-22-23/h4-10,12H,11H2,1-3H3/b6-4+. The summed E-state index contributed by atoms with van der Waals surface area (Å²) in [6, 6.07) is 7.82. The molecule has 6 heteroatoms. The Bertz CT molecular complexity index is 972. The smallest absolute Gasteiger partial charge is 0.186 e. The van der Waals surface area contributed by atoms with Crippen LogP contribution in [0.15, 0.2) is 47.2 Å². The Morgan fingerprint density at radius 3 is 2.77 bits per heavy atom. The molecule has 0 spiro atoms. The number of rotatable bonds is 6. The Morgan fingerprint density at radius 1 is 1.35 bits per heavy atom. The van der Waals surface area contributed by atoms with Crippen LogP contribution in [0.2, 0.25) is 0 Å². The molecule has 2 aromatic heterocycles. The molecule has 26 heavy (non-hydrogen) atoms. The molecule has 0 amide bonds. The van der Waals surface area contributed by atoms with Crippen LogP contribution in [0.25, 0.3) is 6.08 Å². The van der Waals surface area contributed by atoms with Crippen molar-refractivity contribution in [2.45, 2.75) is 20.4 Å². The average Bonchev–Trinajstić information content (AvgIpc) is 3.17. The molecule has 0 aliphatic rings. The van der Waals surface area contributed by atoms with Gasteiger partial charge >= 0.3 is 0 Å². The number of allylic oxidation sites excluding steroid dienone is 1. The van der Waals surface area contributed by atoms with Gasteiger partial charge in [0.25, 0.3) is 0 Å². The van der Waals surface area contributed by atoms with E-state index in [1.807, 2.05) is 55.1 Å². The van der Waals surface area contributed by atoms with Gasteiger partial charge in [-0.05, 0) is 59.6 Å². The van der Waals surface area contributed by atoms with Gasteiger partial charge in [0.2, 0.25) is 0 Å². The SMILES string of the molecule is COc1ccc(/C=C/C(=O)c2cc(C)sc2C)cc1Cn1cc(Br)cn1. The Morgan fingerprint density at radius 2 is 2.15 bits per heavy atom. The number of halogens is 1. The second kappa shape index (κ2) is 8.01. The molecule has 0 saturated heterocycles. The van der Waals surface area contributed by atoms with E-state index < -0.39 is 0 Å². The summed E-state index contributed by atoms with van der Waals surface area (Å²) >= 11 is 5.05. The number of methoxy groups -OCH3 is 1. The predicted octanol–water partition coefficient (Wildman–Crippen LogP) is 5.28. The van der Waals surface area contributed by atoms with E-state index in [-0.39, 0.29) is 5.78 Å². The molecule has 1 aromatic carbocycles. The summed E-state index contributed by atoms with van der Waals surface area (Å²) in [5.74, 6) is 0.824. The molecule has 134 valence electrons. The molecule has 0 N–H and O–H groups in total. The van der Waals surface area contributed by atoms with Crippen molar-refractivity contribution in [2.24, 2.45) is 0 Å². The molecular formula is C20H19BrN2O2S. The third-order valence-corrected chi connectivity index (χ3v) is 5.35. The van der Waals surface area contributed by atoms with Crippen molar-refractivity contribution in [2.75, 3.05) is 7.11 Å². The average molecular weight is 431 g/mol. The fourth-order valence-electron chi connectivity index (χ4n) is 2.76. The number of hydrogen-bond acceptors (Lipinski definition) is 4. The molecule has 0 unspecified atom stereocenters. The summed E-state index contributed by atoms with van der Waals surface area (Å²) in [5.41, 5.74) is 2.73. The summed E-state index contributed by atoms with van der Waals surface area (Å²) in [5, 5.41) is 4.29. The Kier molecular flexibility index (Phi) is 5.74. The van der Waals surface area contributed by atoms with Crippen LogP contribution in [-0.4, -0.2) is 22.7 Å². The first kappa shape index (κ1) is 18.6. The van der Waals surface area contributed by atoms with Gasteiger partial charge in [-0.3, -0.25) is 9.48 Å². The van der Waals surface area contributed by atoms with Crippen molar-refractivity contribution < 1.29 is 9.53 Å². The molecule has 3 rings (SSSR count). The molecule has 4 nitrogen and oxygen atoms in total. The fraction of sp³-hybridized carbons (Fsp3) is 0.200. The van der Waals surface area contributed by atoms with Gasteiger partial charge in [0.1, 0.15) is 5.75 Å². The van der Waals surface area contributed by atoms with E-state index in [9.17, 15) is 4.79 Å². The number of ketones is 1. The van der Waals surface area contributed by atoms with Crippen LogP contribution in [0.1, 0.15) is 31.2 Å². The van der Waals surface area contributed by atoms with E-state index in [0.29, 0.717) is 6.54 Å². The van der Waals surface area contributed by atoms with Crippen molar-refractivity contribution in [3.05, 3.63) is 73.7 Å². The third-order valence-electron chi connectivity index (χ3n) is 3.97. The minimum absolute atomic E-state index is 0.0280. The van der Waals surface area contributed by atoms with Crippen LogP contribution in [0.3, 0.4) is 0 Å². The maximum absolute atomic E-state index is 12.4. The van der Waals surface area contributed by atoms with Crippen LogP contribution in [0.5, 0.6) is 5.75 Å². The first-order valence-corrected chi connectivity index (χ1v) is 9.71. The van der Waals surface area contributed by atoms with Crippen molar-refractivity contribution >= 4 is 39.1 Å². The van der Waals surface area contributed by atoms with Crippen molar-refractivity contribution in [3.8, 4) is 5.75 Å². The van der Waals surface area contributed by atoms with Gasteiger partial charge < -0.3 is 4.74 Å². The Labute approximate surface area is 165 Å². The molecule has 3 aromatic rings. The number of aromatic nitrogens is 2. The molecule has 0 aliphatic carbocycles. The largest absolute Gasteiger partial charge is 0.496 e. The topological polar surface area (TPSA) is 44.1 Å². The minimum atomic E-state index is 0.0280. The lowest BCUT2D eigenvalue weighted by Crippen LogP contribution is -2.02. The zero-order valence-corrected chi connectivity index (χ0v) is 17.2. The lowest BCUT2D eigenvalue weighted by atomic mass is 10.1. The van der Waals surface area contributed by atoms with Gasteiger partial charge in [0.15, 0.2) is 5.78 Å². The van der Waals surface area contributed by atoms with Crippen LogP contribution < -0.4 is 4.74 Å². The first-order valence-electron chi connectivity index (χ1n) is 8.10. The number of aryl methyl sites for hydroxylation is 2. The van der Waals surface area contributed by atoms with E-state index in [1.54, 1.807) is 30.7 Å². The summed E-state index contributed by atoms with van der Waals surface area (Å²) in [7, 11) is 1.65. The zero-order valence-electron chi connectivity index (χ0n) is 14.8. The van der Waals surface area contributed by atoms with E-state index in [1.165, 1.54) is 0 Å². The van der Waals surface area contributed by atoms with E-state index in [2.05, 4.69) is 21.0 Å². The number of benzene rings is 1. The minimum Gasteiger partial charge on any atom is -0.496 e. The third kappa shape index (κ3) is 4.31. The van der Waals surface area contributed by atoms with Gasteiger partial charge in [-0.15, -0.1) is 11.3 Å². The highest BCUT2D eigenvalue weighted by molar-refractivity contribution is 9.10. The molecule has 2 heterocycles. The van der Waals surface area contributed by atoms with E-state index in [0.717, 1.165) is 36.7 Å². The second-order valence-corrected chi connectivity index (χ2v) is 8.33. The Hall–Kier alpha value is -2.18. The van der Waals surface area contributed by atoms with Gasteiger partial charge in [0.05, 0.1) is 24.3 Å². The van der Waals surface area contributed by atoms with Crippen LogP contribution in [-0.2, 0) is 6.54 Å². The summed E-state index contributed by atoms with van der Waals surface area (Å²) in [6.45, 7) is 4.58. The number of carbonyl (C=O) groups is 1. The summed E-state index contributed by atoms with van der Waals surface area (Å²) in [4.78, 5) is 14.6. The Balaban J connectivity index is 1.82. The van der Waals surface area contributed by atoms with E-state index >= 15 is 0 Å². The normalized spacial score (nSPS) is 11.2. The van der Waals surface area contributed by atoms with Crippen molar-refractivity contribution in [1.82, 2.24) is 9.78 Å². The fourth-order valence-corrected chi connectivity index (χ4v) is 4.02. The molecule has 0 saturated carbocycles. The maximum atomic E-state index is 12.4. The number of carbonyl (C=O) groups excluding carboxylic acids is 1. The van der Waals surface area contributed by atoms with Gasteiger partial charge in [-0.1, -0.05) is 12.1 Å². The van der Waals surface area contributed by atoms with E-state index in [4.69, 9.17) is 4.74 Å². The zero-order chi connectivity index (χ0) is 18.7. The van der Waals surface area contributed by atoms with Crippen molar-refractivity contribution in [1.29, 1.82) is 0 Å². The first-order chi connectivity index (χ1) is 12.5. The quantitative estimate of drug-likeness (QED) is 0.394. The van der Waals surface area contributed by atoms with Crippen molar-refractivity contribution in [3.63, 3.8) is 0 Å². The molecule has 0 fully saturated rings. The molecule has 0 aliphatic heterocycles. The second-order valence-electron chi connectivity index (χ2n) is 5.95. The summed E-state index contributed by atoms with van der Waals surface area (Å²) < 4.78 is 8.21. The molecule has 0 radical (unpaired) electrons. The molecular weight excluding hydrogens is 412 g/mol. The lowest BCUT2D eigenvalue weighted by molar-refractivity contribution is 0.104. The van der Waals surface area contributed by atoms with Crippen LogP contribution in [0.4, 0.5) is 0 Å². The number of nitrogens with zero attached hydrogens (tertiary/aromatic N) is 2. The number of hydrogen-bond donors (Lipinski definition) is 0. The monoisotopic (exact) mass is 430 g/mol. The molecule has 0 atom stereocenters. The number of thiophene rings is 1. The summed E-state index contributed by atoms with van der Waals surface area (Å²) in [6.07, 6.45) is 7.13. The molecule has 0 bridgehead atoms. The van der Waals surface area contributed by atoms with Crippen LogP contribution in [0, 0.1) is 13.8 Å². The lowest BCUT2D eigenvalue weighted by Gasteiger charge is -2.09. The van der Waals surface area contributed by atoms with Gasteiger partial charge in [0, 0.05) is 27.1 Å². The highest BCUT2D eigenvalue weighted by atomic mass is 79.9. The van der Waals surface area contributed by atoms with Crippen LogP contribution >= 0.6 is 27.3 Å². The highest BCUT2D eigenvalue weighted by Gasteiger charge is 2.10. The number of ether oxygens (including phenoxy) is 1.